The van der Waals surface area contributed by atoms with Gasteiger partial charge < -0.3 is 5.32 Å². The highest BCUT2D eigenvalue weighted by Crippen LogP contribution is 2.35. The number of rotatable bonds is 5. The Balaban J connectivity index is 1.63. The van der Waals surface area contributed by atoms with Gasteiger partial charge in [0.25, 0.3) is 0 Å². The highest BCUT2D eigenvalue weighted by atomic mass is 32.2. The molecule has 1 nitrogen and oxygen atoms in total. The number of fused-ring (bicyclic) bond motifs is 1. The zero-order valence-corrected chi connectivity index (χ0v) is 14.4. The number of thiophene rings is 1. The lowest BCUT2D eigenvalue weighted by molar-refractivity contribution is 0.471. The van der Waals surface area contributed by atoms with Gasteiger partial charge in [-0.2, -0.15) is 11.8 Å². The Morgan fingerprint density at radius 1 is 1.30 bits per heavy atom. The molecule has 3 unspecified atom stereocenters. The van der Waals surface area contributed by atoms with Crippen molar-refractivity contribution in [3.05, 3.63) is 21.4 Å². The van der Waals surface area contributed by atoms with Crippen molar-refractivity contribution in [2.24, 2.45) is 0 Å². The van der Waals surface area contributed by atoms with Crippen molar-refractivity contribution in [2.45, 2.75) is 76.1 Å². The van der Waals surface area contributed by atoms with Crippen LogP contribution in [0, 0.1) is 0 Å². The van der Waals surface area contributed by atoms with Crippen LogP contribution in [0.5, 0.6) is 0 Å². The number of thioether (sulfide) groups is 1. The maximum absolute atomic E-state index is 3.93. The number of aryl methyl sites for hydroxylation is 2. The number of hydrogen-bond acceptors (Lipinski definition) is 3. The van der Waals surface area contributed by atoms with Gasteiger partial charge in [0.05, 0.1) is 0 Å². The Morgan fingerprint density at radius 3 is 2.95 bits per heavy atom. The quantitative estimate of drug-likeness (QED) is 0.825. The lowest BCUT2D eigenvalue weighted by atomic mass is 9.99. The second-order valence-electron chi connectivity index (χ2n) is 6.22. The van der Waals surface area contributed by atoms with Gasteiger partial charge >= 0.3 is 0 Å². The lowest BCUT2D eigenvalue weighted by Crippen LogP contribution is -2.35. The molecule has 3 atom stereocenters. The predicted octanol–water partition coefficient (Wildman–Crippen LogP) is 4.95. The van der Waals surface area contributed by atoms with Crippen LogP contribution in [-0.4, -0.2) is 17.0 Å². The minimum atomic E-state index is 0.536. The fourth-order valence-electron chi connectivity index (χ4n) is 3.66. The number of hydrogen-bond donors (Lipinski definition) is 1. The highest BCUT2D eigenvalue weighted by molar-refractivity contribution is 7.99. The van der Waals surface area contributed by atoms with Gasteiger partial charge in [0, 0.05) is 27.1 Å². The summed E-state index contributed by atoms with van der Waals surface area (Å²) in [7, 11) is 0. The van der Waals surface area contributed by atoms with Gasteiger partial charge in [0.2, 0.25) is 0 Å². The van der Waals surface area contributed by atoms with Crippen molar-refractivity contribution in [1.82, 2.24) is 5.32 Å². The van der Waals surface area contributed by atoms with E-state index < -0.39 is 0 Å². The smallest absolute Gasteiger partial charge is 0.0388 e. The molecule has 0 radical (unpaired) electrons. The van der Waals surface area contributed by atoms with Gasteiger partial charge in [0.15, 0.2) is 0 Å². The van der Waals surface area contributed by atoms with Crippen molar-refractivity contribution in [3.8, 4) is 0 Å². The third-order valence-corrected chi connectivity index (χ3v) is 7.49. The van der Waals surface area contributed by atoms with Crippen molar-refractivity contribution in [1.29, 1.82) is 0 Å². The standard InChI is InChI=1S/C17H27NS2/c1-3-19-16-10-6-8-14(16)18-12(2)17-11-13-7-4-5-9-15(13)20-17/h11-12,14,16,18H,3-10H2,1-2H3. The SMILES string of the molecule is CCSC1CCCC1NC(C)c1cc2c(s1)CCCC2. The molecular weight excluding hydrogens is 282 g/mol. The van der Waals surface area contributed by atoms with Crippen molar-refractivity contribution in [3.63, 3.8) is 0 Å². The first-order valence-electron chi connectivity index (χ1n) is 8.27. The van der Waals surface area contributed by atoms with E-state index in [4.69, 9.17) is 0 Å². The van der Waals surface area contributed by atoms with Crippen LogP contribution >= 0.6 is 23.1 Å². The van der Waals surface area contributed by atoms with Crippen LogP contribution < -0.4 is 5.32 Å². The van der Waals surface area contributed by atoms with Gasteiger partial charge in [-0.1, -0.05) is 13.3 Å². The van der Waals surface area contributed by atoms with Crippen molar-refractivity contribution in [2.75, 3.05) is 5.75 Å². The van der Waals surface area contributed by atoms with Crippen molar-refractivity contribution < 1.29 is 0 Å². The first-order valence-corrected chi connectivity index (χ1v) is 10.1. The summed E-state index contributed by atoms with van der Waals surface area (Å²) in [5, 5.41) is 4.77. The molecule has 1 aromatic rings. The molecule has 1 saturated carbocycles. The average Bonchev–Trinajstić information content (AvgIpc) is 3.06. The summed E-state index contributed by atoms with van der Waals surface area (Å²) in [5.41, 5.74) is 1.65. The van der Waals surface area contributed by atoms with E-state index in [-0.39, 0.29) is 0 Å². The molecule has 3 heteroatoms. The molecule has 1 fully saturated rings. The Hall–Kier alpha value is 0.01000. The molecule has 0 spiro atoms. The van der Waals surface area contributed by atoms with E-state index >= 15 is 0 Å². The first kappa shape index (κ1) is 14.9. The van der Waals surface area contributed by atoms with E-state index in [9.17, 15) is 0 Å². The van der Waals surface area contributed by atoms with Crippen LogP contribution in [0.25, 0.3) is 0 Å². The summed E-state index contributed by atoms with van der Waals surface area (Å²) >= 11 is 4.22. The first-order chi connectivity index (χ1) is 9.78. The van der Waals surface area contributed by atoms with E-state index in [0.717, 1.165) is 11.3 Å². The summed E-state index contributed by atoms with van der Waals surface area (Å²) in [5.74, 6) is 1.25. The Bertz CT molecular complexity index is 417. The largest absolute Gasteiger partial charge is 0.306 e. The normalized spacial score (nSPS) is 27.5. The minimum Gasteiger partial charge on any atom is -0.306 e. The molecule has 2 aliphatic rings. The summed E-state index contributed by atoms with van der Waals surface area (Å²) < 4.78 is 0. The topological polar surface area (TPSA) is 12.0 Å². The molecule has 1 N–H and O–H groups in total. The van der Waals surface area contributed by atoms with E-state index in [2.05, 4.69) is 48.3 Å². The summed E-state index contributed by atoms with van der Waals surface area (Å²) in [6.45, 7) is 4.65. The van der Waals surface area contributed by atoms with Crippen LogP contribution in [0.15, 0.2) is 6.07 Å². The minimum absolute atomic E-state index is 0.536. The third kappa shape index (κ3) is 3.26. The highest BCUT2D eigenvalue weighted by Gasteiger charge is 2.28. The van der Waals surface area contributed by atoms with Crippen molar-refractivity contribution >= 4 is 23.1 Å². The lowest BCUT2D eigenvalue weighted by Gasteiger charge is -2.24. The van der Waals surface area contributed by atoms with Gasteiger partial charge in [-0.15, -0.1) is 11.3 Å². The van der Waals surface area contributed by atoms with Crippen LogP contribution in [0.1, 0.15) is 67.3 Å². The fraction of sp³-hybridized carbons (Fsp3) is 0.765. The van der Waals surface area contributed by atoms with E-state index in [1.54, 1.807) is 15.3 Å². The maximum Gasteiger partial charge on any atom is 0.0388 e. The summed E-state index contributed by atoms with van der Waals surface area (Å²) in [6.07, 6.45) is 9.61. The molecule has 0 aliphatic heterocycles. The fourth-order valence-corrected chi connectivity index (χ4v) is 6.14. The summed E-state index contributed by atoms with van der Waals surface area (Å²) in [6, 6.07) is 3.76. The second kappa shape index (κ2) is 6.85. The van der Waals surface area contributed by atoms with E-state index in [0.29, 0.717) is 6.04 Å². The Labute approximate surface area is 131 Å². The summed E-state index contributed by atoms with van der Waals surface area (Å²) in [4.78, 5) is 3.25. The molecule has 1 heterocycles. The monoisotopic (exact) mass is 309 g/mol. The molecule has 0 saturated heterocycles. The van der Waals surface area contributed by atoms with Gasteiger partial charge in [-0.05, 0) is 62.8 Å². The molecule has 2 aliphatic carbocycles. The zero-order valence-electron chi connectivity index (χ0n) is 12.8. The number of nitrogens with one attached hydrogen (secondary N) is 1. The van der Waals surface area contributed by atoms with Crippen LogP contribution in [-0.2, 0) is 12.8 Å². The maximum atomic E-state index is 3.93. The average molecular weight is 310 g/mol. The molecule has 0 aromatic carbocycles. The molecule has 20 heavy (non-hydrogen) atoms. The third-order valence-electron chi connectivity index (χ3n) is 4.74. The molecule has 112 valence electrons. The molecule has 3 rings (SSSR count). The molecular formula is C17H27NS2. The Kier molecular flexibility index (Phi) is 5.11. The molecule has 1 aromatic heterocycles. The second-order valence-corrected chi connectivity index (χ2v) is 8.91. The van der Waals surface area contributed by atoms with Crippen LogP contribution in [0.3, 0.4) is 0 Å². The van der Waals surface area contributed by atoms with E-state index in [1.165, 1.54) is 50.7 Å². The Morgan fingerprint density at radius 2 is 2.15 bits per heavy atom. The zero-order chi connectivity index (χ0) is 13.9. The molecule has 0 amide bonds. The van der Waals surface area contributed by atoms with Gasteiger partial charge in [-0.3, -0.25) is 0 Å². The van der Waals surface area contributed by atoms with Gasteiger partial charge in [-0.25, -0.2) is 0 Å². The van der Waals surface area contributed by atoms with E-state index in [1.807, 2.05) is 0 Å². The predicted molar refractivity (Wildman–Crippen MR) is 92.1 cm³/mol. The molecule has 0 bridgehead atoms. The van der Waals surface area contributed by atoms with Crippen LogP contribution in [0.2, 0.25) is 0 Å². The van der Waals surface area contributed by atoms with Crippen LogP contribution in [0.4, 0.5) is 0 Å². The van der Waals surface area contributed by atoms with Gasteiger partial charge in [0.1, 0.15) is 0 Å².